The zero-order valence-corrected chi connectivity index (χ0v) is 14.8. The van der Waals surface area contributed by atoms with Crippen molar-refractivity contribution in [1.29, 1.82) is 0 Å². The van der Waals surface area contributed by atoms with Gasteiger partial charge in [0.1, 0.15) is 0 Å². The first kappa shape index (κ1) is 18.2. The van der Waals surface area contributed by atoms with Gasteiger partial charge >= 0.3 is 5.97 Å². The van der Waals surface area contributed by atoms with Gasteiger partial charge in [-0.25, -0.2) is 9.18 Å². The Bertz CT molecular complexity index is 793. The molecule has 26 heavy (non-hydrogen) atoms. The highest BCUT2D eigenvalue weighted by Gasteiger charge is 2.26. The van der Waals surface area contributed by atoms with E-state index in [4.69, 9.17) is 9.26 Å². The quantitative estimate of drug-likeness (QED) is 0.816. The third-order valence-electron chi connectivity index (χ3n) is 4.60. The van der Waals surface area contributed by atoms with Gasteiger partial charge in [0.05, 0.1) is 7.11 Å². The summed E-state index contributed by atoms with van der Waals surface area (Å²) >= 11 is 0. The number of carboxylic acid groups (broad SMARTS) is 1. The number of hydrogen-bond acceptors (Lipinski definition) is 6. The molecule has 0 bridgehead atoms. The largest absolute Gasteiger partial charge is 0.494 e. The number of carbonyl (C=O) groups is 1. The van der Waals surface area contributed by atoms with Crippen molar-refractivity contribution in [2.75, 3.05) is 39.1 Å². The molecule has 1 fully saturated rings. The topological polar surface area (TPSA) is 87.8 Å². The second kappa shape index (κ2) is 7.74. The number of aromatic nitrogens is 1. The number of nitrogens with zero attached hydrogens (tertiary/aromatic N) is 2. The van der Waals surface area contributed by atoms with Gasteiger partial charge in [-0.15, -0.1) is 0 Å². The zero-order chi connectivity index (χ0) is 18.7. The van der Waals surface area contributed by atoms with Crippen LogP contribution in [0, 0.1) is 11.7 Å². The molecule has 3 rings (SSSR count). The number of methoxy groups -OCH3 is 1. The Hall–Kier alpha value is -2.61. The Balaban J connectivity index is 1.83. The molecular weight excluding hydrogens is 341 g/mol. The van der Waals surface area contributed by atoms with Crippen molar-refractivity contribution < 1.29 is 23.6 Å². The first-order valence-electron chi connectivity index (χ1n) is 8.49. The number of benzene rings is 1. The third kappa shape index (κ3) is 3.80. The van der Waals surface area contributed by atoms with Gasteiger partial charge in [0.25, 0.3) is 0 Å². The number of anilines is 1. The molecule has 1 aromatic heterocycles. The molecule has 1 aliphatic rings. The predicted molar refractivity (Wildman–Crippen MR) is 94.1 cm³/mol. The van der Waals surface area contributed by atoms with E-state index in [0.29, 0.717) is 18.0 Å². The first-order chi connectivity index (χ1) is 12.5. The summed E-state index contributed by atoms with van der Waals surface area (Å²) in [5.74, 6) is -1.01. The molecule has 0 amide bonds. The number of nitrogens with one attached hydrogen (secondary N) is 1. The minimum absolute atomic E-state index is 0.00925. The molecule has 0 saturated carbocycles. The van der Waals surface area contributed by atoms with Gasteiger partial charge in [-0.05, 0) is 50.6 Å². The summed E-state index contributed by atoms with van der Waals surface area (Å²) in [6, 6.07) is 4.03. The maximum absolute atomic E-state index is 13.6. The van der Waals surface area contributed by atoms with Crippen LogP contribution in [0.3, 0.4) is 0 Å². The SMILES string of the molecule is COc1cc(-c2onc(NCC3CCCN(C)C3)c2C(=O)O)ccc1F. The van der Waals surface area contributed by atoms with Crippen molar-refractivity contribution in [3.05, 3.63) is 29.6 Å². The van der Waals surface area contributed by atoms with Crippen molar-refractivity contribution in [2.45, 2.75) is 12.8 Å². The van der Waals surface area contributed by atoms with Crippen molar-refractivity contribution in [2.24, 2.45) is 5.92 Å². The van der Waals surface area contributed by atoms with E-state index in [0.717, 1.165) is 25.9 Å². The van der Waals surface area contributed by atoms with Gasteiger partial charge < -0.3 is 24.6 Å². The van der Waals surface area contributed by atoms with Crippen LogP contribution < -0.4 is 10.1 Å². The summed E-state index contributed by atoms with van der Waals surface area (Å²) in [4.78, 5) is 14.0. The monoisotopic (exact) mass is 363 g/mol. The fourth-order valence-corrected chi connectivity index (χ4v) is 3.29. The lowest BCUT2D eigenvalue weighted by Gasteiger charge is -2.29. The van der Waals surface area contributed by atoms with Crippen LogP contribution in [0.2, 0.25) is 0 Å². The molecule has 1 atom stereocenters. The molecule has 2 N–H and O–H groups in total. The molecule has 0 spiro atoms. The first-order valence-corrected chi connectivity index (χ1v) is 8.49. The Labute approximate surface area is 150 Å². The molecule has 1 saturated heterocycles. The van der Waals surface area contributed by atoms with Crippen molar-refractivity contribution in [1.82, 2.24) is 10.1 Å². The number of piperidine rings is 1. The van der Waals surface area contributed by atoms with Crippen molar-refractivity contribution in [3.63, 3.8) is 0 Å². The highest BCUT2D eigenvalue weighted by Crippen LogP contribution is 2.32. The summed E-state index contributed by atoms with van der Waals surface area (Å²) in [6.07, 6.45) is 2.20. The van der Waals surface area contributed by atoms with E-state index >= 15 is 0 Å². The molecule has 1 aromatic carbocycles. The maximum atomic E-state index is 13.6. The smallest absolute Gasteiger partial charge is 0.343 e. The lowest BCUT2D eigenvalue weighted by Crippen LogP contribution is -2.35. The van der Waals surface area contributed by atoms with Crippen LogP contribution in [0.5, 0.6) is 5.75 Å². The van der Waals surface area contributed by atoms with E-state index in [1.165, 1.54) is 25.3 Å². The molecule has 1 unspecified atom stereocenters. The molecular formula is C18H22FN3O4. The van der Waals surface area contributed by atoms with Gasteiger partial charge in [-0.2, -0.15) is 0 Å². The van der Waals surface area contributed by atoms with Gasteiger partial charge in [0.15, 0.2) is 28.7 Å². The number of halogens is 1. The number of likely N-dealkylation sites (tertiary alicyclic amines) is 1. The van der Waals surface area contributed by atoms with Crippen molar-refractivity contribution >= 4 is 11.8 Å². The summed E-state index contributed by atoms with van der Waals surface area (Å²) in [5, 5.41) is 16.6. The molecule has 8 heteroatoms. The zero-order valence-electron chi connectivity index (χ0n) is 14.8. The summed E-state index contributed by atoms with van der Waals surface area (Å²) in [5.41, 5.74) is 0.321. The minimum atomic E-state index is -1.16. The normalized spacial score (nSPS) is 17.9. The summed E-state index contributed by atoms with van der Waals surface area (Å²) in [6.45, 7) is 2.65. The van der Waals surface area contributed by atoms with E-state index in [1.807, 2.05) is 0 Å². The van der Waals surface area contributed by atoms with Crippen LogP contribution in [0.1, 0.15) is 23.2 Å². The van der Waals surface area contributed by atoms with Crippen LogP contribution >= 0.6 is 0 Å². The number of aromatic carboxylic acids is 1. The molecule has 0 radical (unpaired) electrons. The number of carboxylic acids is 1. The number of ether oxygens (including phenoxy) is 1. The van der Waals surface area contributed by atoms with Crippen LogP contribution in [0.15, 0.2) is 22.7 Å². The standard InChI is InChI=1S/C18H22FN3O4/c1-22-7-3-4-11(10-22)9-20-17-15(18(23)24)16(26-21-17)12-5-6-13(19)14(8-12)25-2/h5-6,8,11H,3-4,7,9-10H2,1-2H3,(H,20,21)(H,23,24). The summed E-state index contributed by atoms with van der Waals surface area (Å²) in [7, 11) is 3.42. The van der Waals surface area contributed by atoms with E-state index < -0.39 is 11.8 Å². The van der Waals surface area contributed by atoms with E-state index in [9.17, 15) is 14.3 Å². The molecule has 0 aliphatic carbocycles. The highest BCUT2D eigenvalue weighted by atomic mass is 19.1. The van der Waals surface area contributed by atoms with Gasteiger partial charge in [-0.3, -0.25) is 0 Å². The predicted octanol–water partition coefficient (Wildman–Crippen LogP) is 2.94. The molecule has 1 aliphatic heterocycles. The van der Waals surface area contributed by atoms with Crippen LogP contribution in [0.4, 0.5) is 10.2 Å². The summed E-state index contributed by atoms with van der Waals surface area (Å²) < 4.78 is 23.8. The lowest BCUT2D eigenvalue weighted by molar-refractivity contribution is 0.0698. The Morgan fingerprint density at radius 3 is 3.04 bits per heavy atom. The highest BCUT2D eigenvalue weighted by molar-refractivity contribution is 5.99. The third-order valence-corrected chi connectivity index (χ3v) is 4.60. The van der Waals surface area contributed by atoms with Gasteiger partial charge in [-0.1, -0.05) is 5.16 Å². The molecule has 140 valence electrons. The number of rotatable bonds is 6. The van der Waals surface area contributed by atoms with E-state index in [1.54, 1.807) is 0 Å². The fraction of sp³-hybridized carbons (Fsp3) is 0.444. The van der Waals surface area contributed by atoms with Crippen molar-refractivity contribution in [3.8, 4) is 17.1 Å². The minimum Gasteiger partial charge on any atom is -0.494 e. The maximum Gasteiger partial charge on any atom is 0.343 e. The Kier molecular flexibility index (Phi) is 5.41. The molecule has 7 nitrogen and oxygen atoms in total. The van der Waals surface area contributed by atoms with E-state index in [-0.39, 0.29) is 22.9 Å². The molecule has 2 aromatic rings. The van der Waals surface area contributed by atoms with Crippen LogP contribution in [-0.2, 0) is 0 Å². The Morgan fingerprint density at radius 1 is 1.54 bits per heavy atom. The van der Waals surface area contributed by atoms with Gasteiger partial charge in [0, 0.05) is 18.7 Å². The second-order valence-corrected chi connectivity index (χ2v) is 6.54. The molecule has 2 heterocycles. The second-order valence-electron chi connectivity index (χ2n) is 6.54. The van der Waals surface area contributed by atoms with Gasteiger partial charge in [0.2, 0.25) is 0 Å². The number of hydrogen-bond donors (Lipinski definition) is 2. The van der Waals surface area contributed by atoms with Crippen LogP contribution in [-0.4, -0.2) is 54.9 Å². The lowest BCUT2D eigenvalue weighted by atomic mass is 9.98. The Morgan fingerprint density at radius 2 is 2.35 bits per heavy atom. The average molecular weight is 363 g/mol. The van der Waals surface area contributed by atoms with Crippen LogP contribution in [0.25, 0.3) is 11.3 Å². The fourth-order valence-electron chi connectivity index (χ4n) is 3.29. The van der Waals surface area contributed by atoms with E-state index in [2.05, 4.69) is 22.4 Å². The average Bonchev–Trinajstić information content (AvgIpc) is 3.05.